The second kappa shape index (κ2) is 4.75. The number of carbonyl (C=O) groups is 1. The Balaban J connectivity index is 2.22. The molecule has 0 atom stereocenters. The summed E-state index contributed by atoms with van der Waals surface area (Å²) in [5.41, 5.74) is 7.35. The summed E-state index contributed by atoms with van der Waals surface area (Å²) in [6, 6.07) is 3.38. The fourth-order valence-electron chi connectivity index (χ4n) is 2.08. The van der Waals surface area contributed by atoms with Crippen LogP contribution in [0.2, 0.25) is 0 Å². The molecule has 0 bridgehead atoms. The molecule has 8 nitrogen and oxygen atoms in total. The highest BCUT2D eigenvalue weighted by molar-refractivity contribution is 5.95. The summed E-state index contributed by atoms with van der Waals surface area (Å²) >= 11 is 0. The number of fused-ring (bicyclic) bond motifs is 1. The van der Waals surface area contributed by atoms with Gasteiger partial charge in [-0.05, 0) is 12.1 Å². The van der Waals surface area contributed by atoms with Crippen molar-refractivity contribution in [2.24, 2.45) is 0 Å². The molecular weight excluding hydrogens is 274 g/mol. The van der Waals surface area contributed by atoms with Gasteiger partial charge in [-0.3, -0.25) is 9.97 Å². The number of nitrogens with two attached hydrogens (primary N) is 1. The first kappa shape index (κ1) is 12.9. The number of anilines is 1. The van der Waals surface area contributed by atoms with Crippen molar-refractivity contribution in [3.63, 3.8) is 0 Å². The number of nitrogen functional groups attached to an aromatic ring is 1. The molecule has 0 aliphatic rings. The Morgan fingerprint density at radius 2 is 2.24 bits per heavy atom. The van der Waals surface area contributed by atoms with Crippen LogP contribution in [-0.4, -0.2) is 38.1 Å². The third kappa shape index (κ3) is 2.02. The van der Waals surface area contributed by atoms with Crippen molar-refractivity contribution in [1.82, 2.24) is 19.7 Å². The van der Waals surface area contributed by atoms with Crippen LogP contribution in [0.3, 0.4) is 0 Å². The number of nitrogens with zero attached hydrogens (tertiary/aromatic N) is 4. The van der Waals surface area contributed by atoms with E-state index in [1.165, 1.54) is 6.20 Å². The zero-order chi connectivity index (χ0) is 15.0. The zero-order valence-corrected chi connectivity index (χ0v) is 11.0. The third-order valence-corrected chi connectivity index (χ3v) is 3.05. The first-order valence-corrected chi connectivity index (χ1v) is 5.97. The summed E-state index contributed by atoms with van der Waals surface area (Å²) in [6.45, 7) is 0. The summed E-state index contributed by atoms with van der Waals surface area (Å²) in [5, 5.41) is 13.3. The van der Waals surface area contributed by atoms with Gasteiger partial charge in [0.1, 0.15) is 11.3 Å². The fourth-order valence-corrected chi connectivity index (χ4v) is 2.08. The van der Waals surface area contributed by atoms with Gasteiger partial charge >= 0.3 is 6.09 Å². The summed E-state index contributed by atoms with van der Waals surface area (Å²) in [6.07, 6.45) is 3.42. The second-order valence-corrected chi connectivity index (χ2v) is 4.24. The number of rotatable bonds is 2. The molecule has 3 heterocycles. The lowest BCUT2D eigenvalue weighted by molar-refractivity contribution is 0.194. The van der Waals surface area contributed by atoms with Crippen LogP contribution < -0.4 is 10.5 Å². The van der Waals surface area contributed by atoms with Gasteiger partial charge in [-0.2, -0.15) is 4.68 Å². The van der Waals surface area contributed by atoms with E-state index in [9.17, 15) is 4.79 Å². The molecule has 0 fully saturated rings. The Bertz CT molecular complexity index is 843. The predicted octanol–water partition coefficient (Wildman–Crippen LogP) is 1.61. The van der Waals surface area contributed by atoms with E-state index in [1.54, 1.807) is 31.6 Å². The van der Waals surface area contributed by atoms with Gasteiger partial charge in [0.15, 0.2) is 5.82 Å². The van der Waals surface area contributed by atoms with Crippen LogP contribution in [0.1, 0.15) is 0 Å². The van der Waals surface area contributed by atoms with Crippen LogP contribution in [-0.2, 0) is 0 Å². The van der Waals surface area contributed by atoms with Crippen LogP contribution in [0.5, 0.6) is 5.75 Å². The maximum absolute atomic E-state index is 11.1. The molecule has 0 aliphatic carbocycles. The number of methoxy groups -OCH3 is 1. The van der Waals surface area contributed by atoms with Crippen molar-refractivity contribution < 1.29 is 14.6 Å². The smallest absolute Gasteiger partial charge is 0.432 e. The molecule has 8 heteroatoms. The van der Waals surface area contributed by atoms with Gasteiger partial charge in [0.25, 0.3) is 0 Å². The zero-order valence-electron chi connectivity index (χ0n) is 11.0. The maximum Gasteiger partial charge on any atom is 0.432 e. The van der Waals surface area contributed by atoms with Crippen molar-refractivity contribution >= 4 is 22.8 Å². The van der Waals surface area contributed by atoms with Gasteiger partial charge in [-0.1, -0.05) is 0 Å². The Morgan fingerprint density at radius 1 is 1.43 bits per heavy atom. The highest BCUT2D eigenvalue weighted by atomic mass is 16.5. The molecule has 0 aromatic carbocycles. The molecule has 0 unspecified atom stereocenters. The molecular formula is C13H11N5O3. The Hall–Kier alpha value is -3.16. The van der Waals surface area contributed by atoms with Crippen LogP contribution in [0, 0.1) is 0 Å². The minimum absolute atomic E-state index is 0.124. The van der Waals surface area contributed by atoms with Crippen LogP contribution in [0.25, 0.3) is 22.2 Å². The Labute approximate surface area is 118 Å². The van der Waals surface area contributed by atoms with E-state index in [-0.39, 0.29) is 5.82 Å². The molecule has 106 valence electrons. The number of hydrogen-bond acceptors (Lipinski definition) is 6. The molecule has 0 amide bonds. The number of aromatic nitrogens is 4. The molecule has 0 saturated heterocycles. The molecule has 0 spiro atoms. The number of carboxylic acid groups (broad SMARTS) is 1. The lowest BCUT2D eigenvalue weighted by Gasteiger charge is -2.06. The third-order valence-electron chi connectivity index (χ3n) is 3.05. The number of pyridine rings is 2. The van der Waals surface area contributed by atoms with Gasteiger partial charge in [-0.15, -0.1) is 5.10 Å². The van der Waals surface area contributed by atoms with Crippen molar-refractivity contribution in [3.05, 3.63) is 30.7 Å². The molecule has 0 aliphatic heterocycles. The van der Waals surface area contributed by atoms with E-state index in [1.807, 2.05) is 0 Å². The van der Waals surface area contributed by atoms with Crippen molar-refractivity contribution in [3.8, 4) is 17.0 Å². The van der Waals surface area contributed by atoms with E-state index in [0.717, 1.165) is 4.68 Å². The summed E-state index contributed by atoms with van der Waals surface area (Å²) in [7, 11) is 1.55. The minimum Gasteiger partial charge on any atom is -0.496 e. The lowest BCUT2D eigenvalue weighted by atomic mass is 10.1. The van der Waals surface area contributed by atoms with E-state index in [2.05, 4.69) is 15.1 Å². The van der Waals surface area contributed by atoms with Gasteiger partial charge < -0.3 is 15.6 Å². The van der Waals surface area contributed by atoms with E-state index >= 15 is 0 Å². The van der Waals surface area contributed by atoms with Crippen LogP contribution >= 0.6 is 0 Å². The largest absolute Gasteiger partial charge is 0.496 e. The topological polar surface area (TPSA) is 116 Å². The van der Waals surface area contributed by atoms with Crippen LogP contribution in [0.15, 0.2) is 30.7 Å². The number of hydrogen-bond donors (Lipinski definition) is 2. The Kier molecular flexibility index (Phi) is 2.90. The molecule has 3 aromatic heterocycles. The summed E-state index contributed by atoms with van der Waals surface area (Å²) < 4.78 is 6.05. The van der Waals surface area contributed by atoms with Crippen LogP contribution in [0.4, 0.5) is 10.6 Å². The lowest BCUT2D eigenvalue weighted by Crippen LogP contribution is -2.09. The quantitative estimate of drug-likeness (QED) is 0.734. The first-order valence-electron chi connectivity index (χ1n) is 5.97. The fraction of sp³-hybridized carbons (Fsp3) is 0.0769. The highest BCUT2D eigenvalue weighted by Gasteiger charge is 2.15. The molecule has 21 heavy (non-hydrogen) atoms. The van der Waals surface area contributed by atoms with Gasteiger partial charge in [0.2, 0.25) is 0 Å². The SMILES string of the molecule is COc1ccncc1-c1cc2c(N)nn(C(=O)O)c2cn1. The van der Waals surface area contributed by atoms with Crippen molar-refractivity contribution in [2.75, 3.05) is 12.8 Å². The maximum atomic E-state index is 11.1. The van der Waals surface area contributed by atoms with E-state index in [0.29, 0.717) is 27.9 Å². The predicted molar refractivity (Wildman–Crippen MR) is 75.1 cm³/mol. The van der Waals surface area contributed by atoms with E-state index in [4.69, 9.17) is 15.6 Å². The first-order chi connectivity index (χ1) is 10.1. The molecule has 3 N–H and O–H groups in total. The molecule has 0 radical (unpaired) electrons. The van der Waals surface area contributed by atoms with Crippen molar-refractivity contribution in [2.45, 2.75) is 0 Å². The monoisotopic (exact) mass is 285 g/mol. The van der Waals surface area contributed by atoms with E-state index < -0.39 is 6.09 Å². The number of ether oxygens (including phenoxy) is 1. The average molecular weight is 285 g/mol. The molecule has 3 aromatic rings. The second-order valence-electron chi connectivity index (χ2n) is 4.24. The van der Waals surface area contributed by atoms with Gasteiger partial charge in [0, 0.05) is 17.8 Å². The van der Waals surface area contributed by atoms with Gasteiger partial charge in [0.05, 0.1) is 24.6 Å². The normalized spacial score (nSPS) is 10.7. The average Bonchev–Trinajstić information content (AvgIpc) is 2.84. The van der Waals surface area contributed by atoms with Gasteiger partial charge in [-0.25, -0.2) is 4.79 Å². The summed E-state index contributed by atoms with van der Waals surface area (Å²) in [5.74, 6) is 0.736. The highest BCUT2D eigenvalue weighted by Crippen LogP contribution is 2.30. The molecule has 3 rings (SSSR count). The molecule has 0 saturated carbocycles. The standard InChI is InChI=1S/C13H11N5O3/c1-21-11-2-3-15-5-8(11)9-4-7-10(6-16-9)18(13(19)20)17-12(7)14/h2-6H,1H3,(H2,14,17)(H,19,20). The Morgan fingerprint density at radius 3 is 2.95 bits per heavy atom. The summed E-state index contributed by atoms with van der Waals surface area (Å²) in [4.78, 5) is 19.4. The van der Waals surface area contributed by atoms with Crippen molar-refractivity contribution in [1.29, 1.82) is 0 Å². The minimum atomic E-state index is -1.22.